The van der Waals surface area contributed by atoms with E-state index in [1.807, 2.05) is 18.2 Å². The number of alkyl halides is 3. The van der Waals surface area contributed by atoms with Gasteiger partial charge in [0.15, 0.2) is 0 Å². The van der Waals surface area contributed by atoms with Gasteiger partial charge in [-0.1, -0.05) is 29.4 Å². The van der Waals surface area contributed by atoms with Gasteiger partial charge in [0.1, 0.15) is 22.1 Å². The molecule has 2 bridgehead atoms. The van der Waals surface area contributed by atoms with Gasteiger partial charge >= 0.3 is 12.3 Å². The molecular weight excluding hydrogens is 581 g/mol. The zero-order valence-electron chi connectivity index (χ0n) is 23.0. The van der Waals surface area contributed by atoms with Crippen molar-refractivity contribution in [2.75, 3.05) is 4.90 Å². The van der Waals surface area contributed by atoms with Gasteiger partial charge in [0, 0.05) is 39.7 Å². The standard InChI is InChI=1S/C32H29F3N2O5S/c33-32(34,35)41-26-4-2-1-3-24(26)29-25(30(42-36-29)19-5-6-19)17-40-23-15-21-11-12-22(16-23)37(21)20-9-7-18(8-10-20)27-13-14-28(43-27)31(38)39/h1-4,7-10,13-14,19,21-23H,5-6,11-12,15-17H2,(H,38,39)/t21-,22+,23?. The van der Waals surface area contributed by atoms with Crippen LogP contribution in [0.1, 0.15) is 65.4 Å². The molecule has 0 amide bonds. The second-order valence-corrected chi connectivity index (χ2v) is 12.5. The van der Waals surface area contributed by atoms with Gasteiger partial charge in [-0.05, 0) is 80.5 Å². The minimum Gasteiger partial charge on any atom is -0.477 e. The van der Waals surface area contributed by atoms with E-state index in [9.17, 15) is 23.1 Å². The van der Waals surface area contributed by atoms with E-state index >= 15 is 0 Å². The Balaban J connectivity index is 1.05. The fraction of sp³-hybridized carbons (Fsp3) is 0.375. The number of hydrogen-bond acceptors (Lipinski definition) is 7. The first-order valence-electron chi connectivity index (χ1n) is 14.4. The van der Waals surface area contributed by atoms with Crippen LogP contribution in [0.5, 0.6) is 5.75 Å². The fourth-order valence-corrected chi connectivity index (χ4v) is 7.36. The fourth-order valence-electron chi connectivity index (χ4n) is 6.51. The van der Waals surface area contributed by atoms with Gasteiger partial charge in [-0.2, -0.15) is 0 Å². The number of rotatable bonds is 9. The van der Waals surface area contributed by atoms with Crippen molar-refractivity contribution in [2.45, 2.75) is 75.6 Å². The number of carboxylic acids is 1. The summed E-state index contributed by atoms with van der Waals surface area (Å²) in [5.74, 6) is -0.329. The van der Waals surface area contributed by atoms with Crippen LogP contribution in [-0.2, 0) is 11.3 Å². The topological polar surface area (TPSA) is 85.0 Å². The van der Waals surface area contributed by atoms with Crippen molar-refractivity contribution < 1.29 is 37.1 Å². The summed E-state index contributed by atoms with van der Waals surface area (Å²) in [5.41, 5.74) is 3.40. The van der Waals surface area contributed by atoms with Gasteiger partial charge in [-0.15, -0.1) is 24.5 Å². The number of halogens is 3. The lowest BCUT2D eigenvalue weighted by molar-refractivity contribution is -0.274. The zero-order chi connectivity index (χ0) is 29.7. The summed E-state index contributed by atoms with van der Waals surface area (Å²) in [6.45, 7) is 0.211. The molecule has 11 heteroatoms. The molecule has 4 heterocycles. The first-order chi connectivity index (χ1) is 20.7. The number of piperidine rings is 1. The van der Waals surface area contributed by atoms with Crippen LogP contribution in [0.4, 0.5) is 18.9 Å². The number of benzene rings is 2. The maximum absolute atomic E-state index is 13.1. The lowest BCUT2D eigenvalue weighted by Crippen LogP contribution is -2.45. The highest BCUT2D eigenvalue weighted by molar-refractivity contribution is 7.17. The van der Waals surface area contributed by atoms with E-state index in [1.165, 1.54) is 23.5 Å². The molecule has 3 aliphatic rings. The summed E-state index contributed by atoms with van der Waals surface area (Å²) in [7, 11) is 0. The number of thiophene rings is 1. The predicted octanol–water partition coefficient (Wildman–Crippen LogP) is 8.26. The van der Waals surface area contributed by atoms with Crippen LogP contribution in [0, 0.1) is 0 Å². The molecule has 2 aliphatic heterocycles. The van der Waals surface area contributed by atoms with Crippen LogP contribution in [0.15, 0.2) is 65.2 Å². The number of carboxylic acid groups (broad SMARTS) is 1. The second-order valence-electron chi connectivity index (χ2n) is 11.4. The molecular formula is C32H29F3N2O5S. The van der Waals surface area contributed by atoms with E-state index in [0.717, 1.165) is 54.7 Å². The number of anilines is 1. The number of carbonyl (C=O) groups is 1. The molecule has 7 rings (SSSR count). The van der Waals surface area contributed by atoms with Crippen LogP contribution >= 0.6 is 11.3 Å². The van der Waals surface area contributed by atoms with E-state index in [1.54, 1.807) is 18.2 Å². The number of fused-ring (bicyclic) bond motifs is 2. The van der Waals surface area contributed by atoms with Gasteiger partial charge in [-0.25, -0.2) is 4.79 Å². The van der Waals surface area contributed by atoms with E-state index < -0.39 is 12.3 Å². The Morgan fingerprint density at radius 3 is 2.37 bits per heavy atom. The molecule has 2 saturated heterocycles. The molecule has 224 valence electrons. The average Bonchev–Trinajstić information content (AvgIpc) is 3.42. The molecule has 0 radical (unpaired) electrons. The van der Waals surface area contributed by atoms with Gasteiger partial charge in [0.05, 0.1) is 12.7 Å². The van der Waals surface area contributed by atoms with E-state index in [0.29, 0.717) is 34.0 Å². The highest BCUT2D eigenvalue weighted by Crippen LogP contribution is 2.47. The van der Waals surface area contributed by atoms with Crippen molar-refractivity contribution in [2.24, 2.45) is 0 Å². The lowest BCUT2D eigenvalue weighted by Gasteiger charge is -2.40. The molecule has 1 saturated carbocycles. The molecule has 2 aromatic heterocycles. The highest BCUT2D eigenvalue weighted by atomic mass is 32.1. The Labute approximate surface area is 249 Å². The Hall–Kier alpha value is -3.83. The Kier molecular flexibility index (Phi) is 7.17. The molecule has 1 unspecified atom stereocenters. The molecule has 4 aromatic rings. The molecule has 0 spiro atoms. The lowest BCUT2D eigenvalue weighted by atomic mass is 9.98. The summed E-state index contributed by atoms with van der Waals surface area (Å²) >= 11 is 1.26. The third kappa shape index (κ3) is 5.75. The molecule has 43 heavy (non-hydrogen) atoms. The van der Waals surface area contributed by atoms with Gasteiger partial charge in [0.25, 0.3) is 0 Å². The van der Waals surface area contributed by atoms with Crippen molar-refractivity contribution in [1.82, 2.24) is 5.16 Å². The molecule has 1 aliphatic carbocycles. The molecule has 1 N–H and O–H groups in total. The summed E-state index contributed by atoms with van der Waals surface area (Å²) in [5, 5.41) is 13.4. The quantitative estimate of drug-likeness (QED) is 0.204. The predicted molar refractivity (Wildman–Crippen MR) is 154 cm³/mol. The summed E-state index contributed by atoms with van der Waals surface area (Å²) in [6, 6.07) is 18.4. The summed E-state index contributed by atoms with van der Waals surface area (Å²) in [4.78, 5) is 15.0. The largest absolute Gasteiger partial charge is 0.573 e. The molecule has 7 nitrogen and oxygen atoms in total. The smallest absolute Gasteiger partial charge is 0.477 e. The monoisotopic (exact) mass is 610 g/mol. The zero-order valence-corrected chi connectivity index (χ0v) is 23.9. The van der Waals surface area contributed by atoms with Gasteiger partial charge in [-0.3, -0.25) is 0 Å². The van der Waals surface area contributed by atoms with Crippen molar-refractivity contribution >= 4 is 23.0 Å². The molecule has 3 fully saturated rings. The van der Waals surface area contributed by atoms with Crippen LogP contribution < -0.4 is 9.64 Å². The third-order valence-electron chi connectivity index (χ3n) is 8.55. The van der Waals surface area contributed by atoms with Crippen LogP contribution in [0.25, 0.3) is 21.7 Å². The first-order valence-corrected chi connectivity index (χ1v) is 15.2. The normalized spacial score (nSPS) is 21.7. The van der Waals surface area contributed by atoms with E-state index in [4.69, 9.17) is 9.26 Å². The van der Waals surface area contributed by atoms with Crippen molar-refractivity contribution in [3.8, 4) is 27.4 Å². The number of hydrogen-bond donors (Lipinski definition) is 1. The average molecular weight is 611 g/mol. The Morgan fingerprint density at radius 2 is 1.72 bits per heavy atom. The minimum absolute atomic E-state index is 0.00468. The second kappa shape index (κ2) is 11.0. The maximum atomic E-state index is 13.1. The Bertz CT molecular complexity index is 1610. The van der Waals surface area contributed by atoms with Gasteiger partial charge < -0.3 is 24.0 Å². The maximum Gasteiger partial charge on any atom is 0.573 e. The molecule has 3 atom stereocenters. The van der Waals surface area contributed by atoms with Crippen LogP contribution in [0.3, 0.4) is 0 Å². The van der Waals surface area contributed by atoms with Crippen molar-refractivity contribution in [3.63, 3.8) is 0 Å². The third-order valence-corrected chi connectivity index (χ3v) is 9.68. The highest BCUT2D eigenvalue weighted by Gasteiger charge is 2.42. The number of aromatic nitrogens is 1. The van der Waals surface area contributed by atoms with E-state index in [2.05, 4.69) is 26.9 Å². The van der Waals surface area contributed by atoms with E-state index in [-0.39, 0.29) is 29.9 Å². The Morgan fingerprint density at radius 1 is 1.00 bits per heavy atom. The summed E-state index contributed by atoms with van der Waals surface area (Å²) < 4.78 is 55.8. The number of nitrogens with zero attached hydrogens (tertiary/aromatic N) is 2. The van der Waals surface area contributed by atoms with Crippen LogP contribution in [-0.4, -0.2) is 40.8 Å². The number of para-hydroxylation sites is 1. The summed E-state index contributed by atoms with van der Waals surface area (Å²) in [6.07, 6.45) is 0.909. The van der Waals surface area contributed by atoms with Crippen molar-refractivity contribution in [3.05, 3.63) is 76.9 Å². The SMILES string of the molecule is O=C(O)c1ccc(-c2ccc(N3[C@@H]4CC[C@H]3CC(OCc3c(-c5ccccc5OC(F)(F)F)noc3C3CC3)C4)cc2)s1. The van der Waals surface area contributed by atoms with Crippen molar-refractivity contribution in [1.29, 1.82) is 0 Å². The number of ether oxygens (including phenoxy) is 2. The number of aromatic carboxylic acids is 1. The van der Waals surface area contributed by atoms with Gasteiger partial charge in [0.2, 0.25) is 0 Å². The van der Waals surface area contributed by atoms with Crippen LogP contribution in [0.2, 0.25) is 0 Å². The first kappa shape index (κ1) is 28.0. The molecule has 2 aromatic carbocycles. The minimum atomic E-state index is -4.82.